The number of carbonyl (C=O) groups is 1. The maximum atomic E-state index is 11.0. The highest BCUT2D eigenvalue weighted by atomic mass is 32.1. The van der Waals surface area contributed by atoms with Gasteiger partial charge in [0.25, 0.3) is 5.89 Å². The van der Waals surface area contributed by atoms with Crippen molar-refractivity contribution in [2.45, 2.75) is 19.8 Å². The number of nitrogens with zero attached hydrogens (tertiary/aromatic N) is 2. The molecule has 2 rings (SSSR count). The Hall–Kier alpha value is -1.69. The van der Waals surface area contributed by atoms with Gasteiger partial charge >= 0.3 is 0 Å². The molecule has 0 unspecified atom stereocenters. The lowest BCUT2D eigenvalue weighted by molar-refractivity contribution is -0.120. The van der Waals surface area contributed by atoms with E-state index in [1.165, 1.54) is 0 Å². The average Bonchev–Trinajstić information content (AvgIpc) is 2.98. The van der Waals surface area contributed by atoms with Crippen LogP contribution < -0.4 is 5.32 Å². The Bertz CT molecular complexity index is 479. The molecule has 0 aromatic carbocycles. The van der Waals surface area contributed by atoms with Crippen molar-refractivity contribution in [3.8, 4) is 10.8 Å². The van der Waals surface area contributed by atoms with Crippen LogP contribution in [0.25, 0.3) is 10.8 Å². The van der Waals surface area contributed by atoms with Gasteiger partial charge in [0.1, 0.15) is 0 Å². The largest absolute Gasteiger partial charge is 0.420 e. The Balaban J connectivity index is 1.89. The number of hydrogen-bond acceptors (Lipinski definition) is 5. The second-order valence-corrected chi connectivity index (χ2v) is 4.38. The summed E-state index contributed by atoms with van der Waals surface area (Å²) in [5.74, 6) is 1.12. The van der Waals surface area contributed by atoms with Gasteiger partial charge in [-0.1, -0.05) is 13.0 Å². The monoisotopic (exact) mass is 251 g/mol. The summed E-state index contributed by atoms with van der Waals surface area (Å²) in [6.07, 6.45) is 1.05. The van der Waals surface area contributed by atoms with Crippen LogP contribution in [0.5, 0.6) is 0 Å². The number of carbonyl (C=O) groups excluding carboxylic acids is 1. The van der Waals surface area contributed by atoms with E-state index in [0.717, 1.165) is 4.88 Å². The quantitative estimate of drug-likeness (QED) is 0.880. The normalized spacial score (nSPS) is 10.4. The molecule has 5 nitrogen and oxygen atoms in total. The van der Waals surface area contributed by atoms with E-state index < -0.39 is 0 Å². The minimum absolute atomic E-state index is 0.0306. The van der Waals surface area contributed by atoms with Crippen molar-refractivity contribution in [3.63, 3.8) is 0 Å². The summed E-state index contributed by atoms with van der Waals surface area (Å²) in [4.78, 5) is 12.0. The smallest absolute Gasteiger partial charge is 0.257 e. The molecule has 2 aromatic rings. The zero-order valence-electron chi connectivity index (χ0n) is 9.47. The molecule has 0 saturated carbocycles. The maximum absolute atomic E-state index is 11.0. The number of aromatic nitrogens is 2. The first kappa shape index (κ1) is 11.8. The fourth-order valence-electron chi connectivity index (χ4n) is 1.29. The first-order valence-corrected chi connectivity index (χ1v) is 6.30. The number of rotatable bonds is 5. The van der Waals surface area contributed by atoms with E-state index in [1.807, 2.05) is 24.4 Å². The van der Waals surface area contributed by atoms with Crippen molar-refractivity contribution in [1.82, 2.24) is 15.5 Å². The first-order chi connectivity index (χ1) is 8.29. The molecule has 1 amide bonds. The summed E-state index contributed by atoms with van der Waals surface area (Å²) in [5, 5.41) is 12.6. The van der Waals surface area contributed by atoms with E-state index in [4.69, 9.17) is 4.42 Å². The van der Waals surface area contributed by atoms with Crippen molar-refractivity contribution in [2.24, 2.45) is 0 Å². The molecule has 0 atom stereocenters. The number of amides is 1. The van der Waals surface area contributed by atoms with E-state index in [9.17, 15) is 4.79 Å². The molecule has 0 aliphatic heterocycles. The van der Waals surface area contributed by atoms with Crippen molar-refractivity contribution in [2.75, 3.05) is 6.54 Å². The van der Waals surface area contributed by atoms with Crippen LogP contribution in [0.4, 0.5) is 0 Å². The molecule has 0 spiro atoms. The van der Waals surface area contributed by atoms with Gasteiger partial charge in [0, 0.05) is 19.4 Å². The van der Waals surface area contributed by atoms with Crippen LogP contribution in [-0.2, 0) is 11.2 Å². The summed E-state index contributed by atoms with van der Waals surface area (Å²) < 4.78 is 5.48. The summed E-state index contributed by atoms with van der Waals surface area (Å²) in [6, 6.07) is 3.87. The molecule has 1 N–H and O–H groups in total. The molecule has 0 saturated heterocycles. The summed E-state index contributed by atoms with van der Waals surface area (Å²) in [5.41, 5.74) is 0. The Morgan fingerprint density at radius 1 is 1.53 bits per heavy atom. The van der Waals surface area contributed by atoms with Crippen molar-refractivity contribution < 1.29 is 9.21 Å². The molecule has 0 bridgehead atoms. The maximum Gasteiger partial charge on any atom is 0.257 e. The van der Waals surface area contributed by atoms with Gasteiger partial charge in [-0.2, -0.15) is 0 Å². The molecular formula is C11H13N3O2S. The molecular weight excluding hydrogens is 238 g/mol. The van der Waals surface area contributed by atoms with Crippen molar-refractivity contribution in [3.05, 3.63) is 23.4 Å². The minimum atomic E-state index is 0.0306. The third-order valence-corrected chi connectivity index (χ3v) is 3.04. The SMILES string of the molecule is CCC(=O)NCCc1nnc(-c2cccs2)o1. The molecule has 0 radical (unpaired) electrons. The van der Waals surface area contributed by atoms with Crippen molar-refractivity contribution in [1.29, 1.82) is 0 Å². The van der Waals surface area contributed by atoms with E-state index >= 15 is 0 Å². The predicted octanol–water partition coefficient (Wildman–Crippen LogP) is 1.87. The van der Waals surface area contributed by atoms with Gasteiger partial charge in [-0.3, -0.25) is 4.79 Å². The van der Waals surface area contributed by atoms with Crippen LogP contribution in [0.2, 0.25) is 0 Å². The third kappa shape index (κ3) is 3.13. The van der Waals surface area contributed by atoms with Crippen molar-refractivity contribution >= 4 is 17.2 Å². The minimum Gasteiger partial charge on any atom is -0.420 e. The molecule has 2 aromatic heterocycles. The molecule has 0 aliphatic rings. The van der Waals surface area contributed by atoms with E-state index in [0.29, 0.717) is 31.2 Å². The summed E-state index contributed by atoms with van der Waals surface area (Å²) in [7, 11) is 0. The molecule has 2 heterocycles. The van der Waals surface area contributed by atoms with Gasteiger partial charge in [0.05, 0.1) is 4.88 Å². The molecule has 17 heavy (non-hydrogen) atoms. The summed E-state index contributed by atoms with van der Waals surface area (Å²) in [6.45, 7) is 2.34. The lowest BCUT2D eigenvalue weighted by Crippen LogP contribution is -2.24. The van der Waals surface area contributed by atoms with Crippen LogP contribution in [0.15, 0.2) is 21.9 Å². The van der Waals surface area contributed by atoms with Crippen LogP contribution >= 0.6 is 11.3 Å². The Morgan fingerprint density at radius 2 is 2.41 bits per heavy atom. The van der Waals surface area contributed by atoms with Crippen LogP contribution in [0.3, 0.4) is 0 Å². The van der Waals surface area contributed by atoms with E-state index in [2.05, 4.69) is 15.5 Å². The highest BCUT2D eigenvalue weighted by molar-refractivity contribution is 7.13. The Labute approximate surface area is 103 Å². The number of thiophene rings is 1. The van der Waals surface area contributed by atoms with Gasteiger partial charge in [-0.25, -0.2) is 0 Å². The van der Waals surface area contributed by atoms with Crippen LogP contribution in [0.1, 0.15) is 19.2 Å². The zero-order chi connectivity index (χ0) is 12.1. The highest BCUT2D eigenvalue weighted by Gasteiger charge is 2.09. The van der Waals surface area contributed by atoms with Gasteiger partial charge in [0.2, 0.25) is 11.8 Å². The zero-order valence-corrected chi connectivity index (χ0v) is 10.3. The molecule has 0 fully saturated rings. The first-order valence-electron chi connectivity index (χ1n) is 5.42. The fourth-order valence-corrected chi connectivity index (χ4v) is 1.93. The Morgan fingerprint density at radius 3 is 3.12 bits per heavy atom. The second kappa shape index (κ2) is 5.58. The van der Waals surface area contributed by atoms with Crippen LogP contribution in [-0.4, -0.2) is 22.6 Å². The van der Waals surface area contributed by atoms with Gasteiger partial charge in [-0.15, -0.1) is 21.5 Å². The molecule has 6 heteroatoms. The standard InChI is InChI=1S/C11H13N3O2S/c1-2-9(15)12-6-5-10-13-14-11(16-10)8-4-3-7-17-8/h3-4,7H,2,5-6H2,1H3,(H,12,15). The highest BCUT2D eigenvalue weighted by Crippen LogP contribution is 2.22. The van der Waals surface area contributed by atoms with E-state index in [-0.39, 0.29) is 5.91 Å². The fraction of sp³-hybridized carbons (Fsp3) is 0.364. The van der Waals surface area contributed by atoms with Gasteiger partial charge < -0.3 is 9.73 Å². The number of hydrogen-bond donors (Lipinski definition) is 1. The summed E-state index contributed by atoms with van der Waals surface area (Å²) >= 11 is 1.56. The predicted molar refractivity (Wildman–Crippen MR) is 64.6 cm³/mol. The Kier molecular flexibility index (Phi) is 3.87. The van der Waals surface area contributed by atoms with Crippen LogP contribution in [0, 0.1) is 0 Å². The van der Waals surface area contributed by atoms with E-state index in [1.54, 1.807) is 11.3 Å². The second-order valence-electron chi connectivity index (χ2n) is 3.43. The lowest BCUT2D eigenvalue weighted by atomic mass is 10.4. The number of nitrogens with one attached hydrogen (secondary N) is 1. The topological polar surface area (TPSA) is 68.0 Å². The molecule has 0 aliphatic carbocycles. The molecule has 90 valence electrons. The average molecular weight is 251 g/mol. The van der Waals surface area contributed by atoms with Gasteiger partial charge in [0.15, 0.2) is 0 Å². The third-order valence-electron chi connectivity index (χ3n) is 2.18. The van der Waals surface area contributed by atoms with Gasteiger partial charge in [-0.05, 0) is 11.4 Å². The lowest BCUT2D eigenvalue weighted by Gasteiger charge is -1.99.